The molecule has 1 amide bonds. The van der Waals surface area contributed by atoms with E-state index in [-0.39, 0.29) is 11.7 Å². The Morgan fingerprint density at radius 1 is 0.963 bits per heavy atom. The maximum absolute atomic E-state index is 12.5. The van der Waals surface area contributed by atoms with Crippen molar-refractivity contribution in [1.82, 2.24) is 4.98 Å². The number of carbonyl (C=O) groups excluding carboxylic acids is 2. The lowest BCUT2D eigenvalue weighted by Crippen LogP contribution is -2.12. The number of aryl methyl sites for hydroxylation is 1. The van der Waals surface area contributed by atoms with Gasteiger partial charge in [0.1, 0.15) is 5.82 Å². The van der Waals surface area contributed by atoms with Gasteiger partial charge in [-0.3, -0.25) is 9.59 Å². The van der Waals surface area contributed by atoms with Gasteiger partial charge in [-0.25, -0.2) is 4.98 Å². The van der Waals surface area contributed by atoms with Crippen LogP contribution < -0.4 is 10.6 Å². The Morgan fingerprint density at radius 3 is 2.41 bits per heavy atom. The second-order valence-corrected chi connectivity index (χ2v) is 6.15. The van der Waals surface area contributed by atoms with Crippen LogP contribution in [0.4, 0.5) is 17.2 Å². The molecule has 0 bridgehead atoms. The molecule has 1 aromatic heterocycles. The molecule has 0 saturated carbocycles. The Bertz CT molecular complexity index is 965. The van der Waals surface area contributed by atoms with Gasteiger partial charge in [-0.1, -0.05) is 25.1 Å². The van der Waals surface area contributed by atoms with Crippen LogP contribution in [-0.4, -0.2) is 16.7 Å². The lowest BCUT2D eigenvalue weighted by molar-refractivity contribution is 0.101. The van der Waals surface area contributed by atoms with Gasteiger partial charge >= 0.3 is 0 Å². The first kappa shape index (κ1) is 18.3. The van der Waals surface area contributed by atoms with Crippen LogP contribution in [0.5, 0.6) is 0 Å². The molecule has 3 aromatic rings. The van der Waals surface area contributed by atoms with E-state index in [0.717, 1.165) is 12.1 Å². The highest BCUT2D eigenvalue weighted by atomic mass is 16.1. The number of pyridine rings is 1. The summed E-state index contributed by atoms with van der Waals surface area (Å²) in [6, 6.07) is 18.2. The van der Waals surface area contributed by atoms with E-state index in [9.17, 15) is 9.59 Å². The zero-order valence-electron chi connectivity index (χ0n) is 15.3. The first-order chi connectivity index (χ1) is 13.1. The minimum atomic E-state index is -0.236. The first-order valence-corrected chi connectivity index (χ1v) is 8.80. The highest BCUT2D eigenvalue weighted by Crippen LogP contribution is 2.21. The number of rotatable bonds is 6. The average Bonchev–Trinajstić information content (AvgIpc) is 2.69. The van der Waals surface area contributed by atoms with Crippen LogP contribution in [0.2, 0.25) is 0 Å². The predicted molar refractivity (Wildman–Crippen MR) is 108 cm³/mol. The fourth-order valence-corrected chi connectivity index (χ4v) is 2.72. The molecular weight excluding hydrogens is 338 g/mol. The summed E-state index contributed by atoms with van der Waals surface area (Å²) in [5.74, 6) is 0.361. The Morgan fingerprint density at radius 2 is 1.70 bits per heavy atom. The van der Waals surface area contributed by atoms with Gasteiger partial charge < -0.3 is 10.6 Å². The van der Waals surface area contributed by atoms with Crippen molar-refractivity contribution in [3.8, 4) is 0 Å². The summed E-state index contributed by atoms with van der Waals surface area (Å²) in [6.07, 6.45) is 2.50. The lowest BCUT2D eigenvalue weighted by atomic mass is 10.1. The number of Topliss-reactive ketones (excluding diaryl/α,β-unsaturated/α-hetero) is 1. The number of ketones is 1. The SMILES string of the molecule is CCc1ccccc1Nc1cc(C(=O)Nc2ccc(C(C)=O)cc2)ccn1. The summed E-state index contributed by atoms with van der Waals surface area (Å²) >= 11 is 0. The van der Waals surface area contributed by atoms with E-state index in [0.29, 0.717) is 22.6 Å². The van der Waals surface area contributed by atoms with Gasteiger partial charge in [0, 0.05) is 28.7 Å². The molecule has 2 aromatic carbocycles. The summed E-state index contributed by atoms with van der Waals surface area (Å²) in [5, 5.41) is 6.11. The second kappa shape index (κ2) is 8.27. The minimum Gasteiger partial charge on any atom is -0.340 e. The van der Waals surface area contributed by atoms with Gasteiger partial charge in [-0.2, -0.15) is 0 Å². The Hall–Kier alpha value is -3.47. The van der Waals surface area contributed by atoms with Crippen molar-refractivity contribution in [2.75, 3.05) is 10.6 Å². The van der Waals surface area contributed by atoms with E-state index in [1.54, 1.807) is 42.6 Å². The molecular formula is C22H21N3O2. The number of carbonyl (C=O) groups is 2. The number of hydrogen-bond acceptors (Lipinski definition) is 4. The summed E-state index contributed by atoms with van der Waals surface area (Å²) in [6.45, 7) is 3.60. The number of benzene rings is 2. The molecule has 5 nitrogen and oxygen atoms in total. The Balaban J connectivity index is 1.74. The second-order valence-electron chi connectivity index (χ2n) is 6.15. The Kier molecular flexibility index (Phi) is 5.61. The van der Waals surface area contributed by atoms with Gasteiger partial charge in [0.05, 0.1) is 0 Å². The van der Waals surface area contributed by atoms with Crippen molar-refractivity contribution < 1.29 is 9.59 Å². The molecule has 5 heteroatoms. The lowest BCUT2D eigenvalue weighted by Gasteiger charge is -2.11. The number of amides is 1. The minimum absolute atomic E-state index is 0.00918. The van der Waals surface area contributed by atoms with E-state index in [1.807, 2.05) is 18.2 Å². The van der Waals surface area contributed by atoms with Crippen molar-refractivity contribution in [3.63, 3.8) is 0 Å². The number of nitrogens with zero attached hydrogens (tertiary/aromatic N) is 1. The predicted octanol–water partition coefficient (Wildman–Crippen LogP) is 4.84. The molecule has 0 aliphatic rings. The van der Waals surface area contributed by atoms with Crippen LogP contribution >= 0.6 is 0 Å². The van der Waals surface area contributed by atoms with Crippen LogP contribution in [0.3, 0.4) is 0 Å². The normalized spacial score (nSPS) is 10.3. The number of aromatic nitrogens is 1. The molecule has 0 radical (unpaired) electrons. The maximum atomic E-state index is 12.5. The monoisotopic (exact) mass is 359 g/mol. The zero-order chi connectivity index (χ0) is 19.2. The van der Waals surface area contributed by atoms with Gasteiger partial charge in [0.15, 0.2) is 5.78 Å². The van der Waals surface area contributed by atoms with E-state index < -0.39 is 0 Å². The van der Waals surface area contributed by atoms with E-state index in [1.165, 1.54) is 12.5 Å². The Labute approximate surface area is 158 Å². The summed E-state index contributed by atoms with van der Waals surface area (Å²) in [4.78, 5) is 28.2. The number of hydrogen-bond donors (Lipinski definition) is 2. The van der Waals surface area contributed by atoms with Crippen molar-refractivity contribution in [2.45, 2.75) is 20.3 Å². The van der Waals surface area contributed by atoms with Crippen LogP contribution in [-0.2, 0) is 6.42 Å². The third-order valence-electron chi connectivity index (χ3n) is 4.23. The van der Waals surface area contributed by atoms with E-state index in [2.05, 4.69) is 28.6 Å². The molecule has 0 atom stereocenters. The fourth-order valence-electron chi connectivity index (χ4n) is 2.72. The molecule has 2 N–H and O–H groups in total. The van der Waals surface area contributed by atoms with Crippen LogP contribution in [0, 0.1) is 0 Å². The van der Waals surface area contributed by atoms with Gasteiger partial charge in [-0.15, -0.1) is 0 Å². The largest absolute Gasteiger partial charge is 0.340 e. The number of para-hydroxylation sites is 1. The summed E-state index contributed by atoms with van der Waals surface area (Å²) < 4.78 is 0. The maximum Gasteiger partial charge on any atom is 0.255 e. The molecule has 27 heavy (non-hydrogen) atoms. The molecule has 0 saturated heterocycles. The highest BCUT2D eigenvalue weighted by molar-refractivity contribution is 6.05. The van der Waals surface area contributed by atoms with E-state index >= 15 is 0 Å². The van der Waals surface area contributed by atoms with Crippen LogP contribution in [0.15, 0.2) is 66.9 Å². The molecule has 0 fully saturated rings. The molecule has 3 rings (SSSR count). The van der Waals surface area contributed by atoms with Gasteiger partial charge in [0.25, 0.3) is 5.91 Å². The summed E-state index contributed by atoms with van der Waals surface area (Å²) in [7, 11) is 0. The van der Waals surface area contributed by atoms with Crippen molar-refractivity contribution in [3.05, 3.63) is 83.6 Å². The molecule has 1 heterocycles. The van der Waals surface area contributed by atoms with Crippen molar-refractivity contribution in [2.24, 2.45) is 0 Å². The van der Waals surface area contributed by atoms with Crippen molar-refractivity contribution in [1.29, 1.82) is 0 Å². The smallest absolute Gasteiger partial charge is 0.255 e. The number of nitrogens with one attached hydrogen (secondary N) is 2. The van der Waals surface area contributed by atoms with Crippen molar-refractivity contribution >= 4 is 28.9 Å². The quantitative estimate of drug-likeness (QED) is 0.618. The first-order valence-electron chi connectivity index (χ1n) is 8.80. The molecule has 136 valence electrons. The number of anilines is 3. The van der Waals surface area contributed by atoms with Gasteiger partial charge in [-0.05, 0) is 61.4 Å². The van der Waals surface area contributed by atoms with Gasteiger partial charge in [0.2, 0.25) is 0 Å². The standard InChI is InChI=1S/C22H21N3O2/c1-3-16-6-4-5-7-20(16)25-21-14-18(12-13-23-21)22(27)24-19-10-8-17(9-11-19)15(2)26/h4-14H,3H2,1-2H3,(H,23,25)(H,24,27). The van der Waals surface area contributed by atoms with Crippen LogP contribution in [0.25, 0.3) is 0 Å². The molecule has 0 unspecified atom stereocenters. The molecule has 0 aliphatic carbocycles. The highest BCUT2D eigenvalue weighted by Gasteiger charge is 2.09. The third-order valence-corrected chi connectivity index (χ3v) is 4.23. The fraction of sp³-hybridized carbons (Fsp3) is 0.136. The molecule has 0 aliphatic heterocycles. The zero-order valence-corrected chi connectivity index (χ0v) is 15.3. The third kappa shape index (κ3) is 4.58. The van der Waals surface area contributed by atoms with E-state index in [4.69, 9.17) is 0 Å². The topological polar surface area (TPSA) is 71.1 Å². The van der Waals surface area contributed by atoms with Crippen LogP contribution in [0.1, 0.15) is 40.1 Å². The summed E-state index contributed by atoms with van der Waals surface area (Å²) in [5.41, 5.74) is 3.90. The average molecular weight is 359 g/mol. The molecule has 0 spiro atoms.